The van der Waals surface area contributed by atoms with E-state index in [1.54, 1.807) is 0 Å². The van der Waals surface area contributed by atoms with Crippen molar-refractivity contribution in [1.82, 2.24) is 9.97 Å². The number of carbonyl (C=O) groups is 2. The molecular weight excluding hydrogens is 518 g/mol. The van der Waals surface area contributed by atoms with Crippen LogP contribution < -0.4 is 0 Å². The summed E-state index contributed by atoms with van der Waals surface area (Å²) in [5.74, 6) is -7.03. The molecule has 0 N–H and O–H groups in total. The number of rotatable bonds is 4. The van der Waals surface area contributed by atoms with E-state index in [9.17, 15) is 62.3 Å². The Balaban J connectivity index is 2.66. The Hall–Kier alpha value is -3.71. The molecule has 0 spiro atoms. The number of carbonyl (C=O) groups excluding carboxylic acids is 2. The maximum Gasteiger partial charge on any atom is 0.433 e. The molecule has 2 aromatic rings. The van der Waals surface area contributed by atoms with E-state index in [0.29, 0.717) is 0 Å². The van der Waals surface area contributed by atoms with Gasteiger partial charge in [-0.05, 0) is 24.3 Å². The zero-order valence-corrected chi connectivity index (χ0v) is 16.1. The third kappa shape index (κ3) is 6.25. The molecule has 0 fully saturated rings. The molecule has 2 rings (SSSR count). The number of aromatic nitrogens is 2. The molecule has 0 saturated carbocycles. The molecule has 0 radical (unpaired) electrons. The summed E-state index contributed by atoms with van der Waals surface area (Å²) >= 11 is 0. The standard InChI is InChI=1S/C18H5F12N3O2/c19-15(20,21)9-1-6(2-10(32-9)16(22,23)24)13(34)8(5-31)14(35)7-3-11(17(25,26)27)33-12(4-7)18(28,29)30/h1-4,8H. The van der Waals surface area contributed by atoms with Gasteiger partial charge in [0.05, 0.1) is 6.07 Å². The van der Waals surface area contributed by atoms with Gasteiger partial charge in [-0.3, -0.25) is 9.59 Å². The summed E-state index contributed by atoms with van der Waals surface area (Å²) in [5, 5.41) is 9.09. The minimum Gasteiger partial charge on any atom is -0.292 e. The summed E-state index contributed by atoms with van der Waals surface area (Å²) in [4.78, 5) is 29.5. The van der Waals surface area contributed by atoms with Gasteiger partial charge in [0.2, 0.25) is 0 Å². The zero-order chi connectivity index (χ0) is 27.1. The molecule has 2 aromatic heterocycles. The van der Waals surface area contributed by atoms with Gasteiger partial charge in [0.25, 0.3) is 0 Å². The molecule has 0 aliphatic rings. The molecule has 0 aliphatic heterocycles. The van der Waals surface area contributed by atoms with Crippen molar-refractivity contribution >= 4 is 11.6 Å². The first-order chi connectivity index (χ1) is 15.7. The van der Waals surface area contributed by atoms with Gasteiger partial charge in [0, 0.05) is 11.1 Å². The lowest BCUT2D eigenvalue weighted by Crippen LogP contribution is -2.26. The first kappa shape index (κ1) is 27.5. The van der Waals surface area contributed by atoms with Gasteiger partial charge in [-0.1, -0.05) is 0 Å². The first-order valence-corrected chi connectivity index (χ1v) is 8.47. The van der Waals surface area contributed by atoms with Crippen LogP contribution in [0, 0.1) is 17.2 Å². The number of hydrogen-bond acceptors (Lipinski definition) is 5. The molecule has 0 unspecified atom stereocenters. The van der Waals surface area contributed by atoms with Gasteiger partial charge in [0.1, 0.15) is 22.8 Å². The third-order valence-electron chi connectivity index (χ3n) is 4.03. The van der Waals surface area contributed by atoms with Crippen LogP contribution in [0.3, 0.4) is 0 Å². The van der Waals surface area contributed by atoms with Crippen LogP contribution in [0.5, 0.6) is 0 Å². The highest BCUT2D eigenvalue weighted by Gasteiger charge is 2.42. The van der Waals surface area contributed by atoms with Gasteiger partial charge < -0.3 is 0 Å². The molecule has 0 aliphatic carbocycles. The number of hydrogen-bond donors (Lipinski definition) is 0. The summed E-state index contributed by atoms with van der Waals surface area (Å²) in [6.45, 7) is 0. The van der Waals surface area contributed by atoms with Crippen LogP contribution >= 0.6 is 0 Å². The topological polar surface area (TPSA) is 83.7 Å². The largest absolute Gasteiger partial charge is 0.433 e. The highest BCUT2D eigenvalue weighted by atomic mass is 19.4. The average Bonchev–Trinajstić information content (AvgIpc) is 2.70. The maximum absolute atomic E-state index is 12.9. The minimum absolute atomic E-state index is 0.260. The van der Waals surface area contributed by atoms with E-state index in [1.807, 2.05) is 0 Å². The van der Waals surface area contributed by atoms with Gasteiger partial charge in [-0.15, -0.1) is 0 Å². The Morgan fingerprint density at radius 2 is 0.829 bits per heavy atom. The van der Waals surface area contributed by atoms with Crippen molar-refractivity contribution in [1.29, 1.82) is 5.26 Å². The van der Waals surface area contributed by atoms with Gasteiger partial charge in [0.15, 0.2) is 17.5 Å². The smallest absolute Gasteiger partial charge is 0.292 e. The Labute approximate surface area is 185 Å². The summed E-state index contributed by atoms with van der Waals surface area (Å²) in [6, 6.07) is -0.173. The van der Waals surface area contributed by atoms with Crippen molar-refractivity contribution in [3.8, 4) is 6.07 Å². The number of nitriles is 1. The molecule has 0 bridgehead atoms. The van der Waals surface area contributed by atoms with E-state index >= 15 is 0 Å². The second-order valence-electron chi connectivity index (χ2n) is 6.53. The SMILES string of the molecule is N#CC(C(=O)c1cc(C(F)(F)F)nc(C(F)(F)F)c1)C(=O)c1cc(C(F)(F)F)nc(C(F)(F)F)c1. The highest BCUT2D eigenvalue weighted by molar-refractivity contribution is 6.18. The fraction of sp³-hybridized carbons (Fsp3) is 0.278. The Bertz CT molecular complexity index is 1050. The van der Waals surface area contributed by atoms with Gasteiger partial charge in [-0.2, -0.15) is 57.9 Å². The summed E-state index contributed by atoms with van der Waals surface area (Å²) in [6.07, 6.45) is -22.2. The predicted molar refractivity (Wildman–Crippen MR) is 86.2 cm³/mol. The van der Waals surface area contributed by atoms with Crippen LogP contribution in [0.1, 0.15) is 43.5 Å². The second kappa shape index (κ2) is 8.82. The molecule has 0 amide bonds. The second-order valence-corrected chi connectivity index (χ2v) is 6.53. The quantitative estimate of drug-likeness (QED) is 0.289. The zero-order valence-electron chi connectivity index (χ0n) is 16.1. The van der Waals surface area contributed by atoms with Gasteiger partial charge in [-0.25, -0.2) is 9.97 Å². The summed E-state index contributed by atoms with van der Waals surface area (Å²) < 4.78 is 155. The molecule has 0 atom stereocenters. The van der Waals surface area contributed by atoms with E-state index in [2.05, 4.69) is 9.97 Å². The number of halogens is 12. The molecule has 188 valence electrons. The third-order valence-corrected chi connectivity index (χ3v) is 4.03. The maximum atomic E-state index is 12.9. The fourth-order valence-corrected chi connectivity index (χ4v) is 2.50. The number of alkyl halides is 12. The van der Waals surface area contributed by atoms with Crippen molar-refractivity contribution < 1.29 is 62.3 Å². The van der Waals surface area contributed by atoms with Crippen molar-refractivity contribution in [2.45, 2.75) is 24.7 Å². The minimum atomic E-state index is -5.54. The highest BCUT2D eigenvalue weighted by Crippen LogP contribution is 2.36. The Morgan fingerprint density at radius 3 is 1.00 bits per heavy atom. The molecule has 5 nitrogen and oxygen atoms in total. The van der Waals surface area contributed by atoms with E-state index in [1.165, 1.54) is 0 Å². The molecule has 0 saturated heterocycles. The van der Waals surface area contributed by atoms with Crippen LogP contribution in [0.15, 0.2) is 24.3 Å². The van der Waals surface area contributed by atoms with E-state index < -0.39 is 76.1 Å². The number of Topliss-reactive ketones (excluding diaryl/α,β-unsaturated/α-hetero) is 2. The molecular formula is C18H5F12N3O2. The van der Waals surface area contributed by atoms with Crippen LogP contribution in [0.2, 0.25) is 0 Å². The summed E-state index contributed by atoms with van der Waals surface area (Å²) in [5.41, 5.74) is -12.1. The molecule has 2 heterocycles. The van der Waals surface area contributed by atoms with Crippen LogP contribution in [-0.4, -0.2) is 21.5 Å². The van der Waals surface area contributed by atoms with Crippen molar-refractivity contribution in [3.63, 3.8) is 0 Å². The normalized spacial score (nSPS) is 13.0. The van der Waals surface area contributed by atoms with E-state index in [0.717, 1.165) is 6.07 Å². The number of ketones is 2. The molecule has 35 heavy (non-hydrogen) atoms. The average molecular weight is 523 g/mol. The number of nitrogens with zero attached hydrogens (tertiary/aromatic N) is 3. The Morgan fingerprint density at radius 1 is 0.600 bits per heavy atom. The predicted octanol–water partition coefficient (Wildman–Crippen LogP) is 5.76. The van der Waals surface area contributed by atoms with Crippen molar-refractivity contribution in [2.75, 3.05) is 0 Å². The first-order valence-electron chi connectivity index (χ1n) is 8.47. The summed E-state index contributed by atoms with van der Waals surface area (Å²) in [7, 11) is 0. The lowest BCUT2D eigenvalue weighted by molar-refractivity contribution is -0.151. The van der Waals surface area contributed by atoms with Crippen LogP contribution in [0.25, 0.3) is 0 Å². The van der Waals surface area contributed by atoms with E-state index in [4.69, 9.17) is 5.26 Å². The Kier molecular flexibility index (Phi) is 6.94. The molecule has 0 aromatic carbocycles. The lowest BCUT2D eigenvalue weighted by Gasteiger charge is -2.15. The van der Waals surface area contributed by atoms with Crippen molar-refractivity contribution in [3.05, 3.63) is 58.2 Å². The number of pyridine rings is 2. The fourth-order valence-electron chi connectivity index (χ4n) is 2.50. The van der Waals surface area contributed by atoms with Crippen LogP contribution in [-0.2, 0) is 24.7 Å². The van der Waals surface area contributed by atoms with E-state index in [-0.39, 0.29) is 24.3 Å². The van der Waals surface area contributed by atoms with Gasteiger partial charge >= 0.3 is 24.7 Å². The van der Waals surface area contributed by atoms with Crippen LogP contribution in [0.4, 0.5) is 52.7 Å². The monoisotopic (exact) mass is 523 g/mol. The lowest BCUT2D eigenvalue weighted by atomic mass is 9.90. The van der Waals surface area contributed by atoms with Crippen molar-refractivity contribution in [2.24, 2.45) is 5.92 Å². The molecule has 17 heteroatoms.